The van der Waals surface area contributed by atoms with E-state index in [0.717, 1.165) is 32.0 Å². The molecule has 0 fully saturated rings. The molecular formula is C11H11IN2O2. The normalized spacial score (nSPS) is 10.5. The molecule has 0 aliphatic rings. The lowest BCUT2D eigenvalue weighted by Crippen LogP contribution is -1.92. The number of aromatic nitrogens is 2. The minimum absolute atomic E-state index is 0.772. The fraction of sp³-hybridized carbons (Fsp3) is 0.273. The van der Waals surface area contributed by atoms with Crippen LogP contribution in [0, 0.1) is 17.4 Å². The Morgan fingerprint density at radius 3 is 2.69 bits per heavy atom. The van der Waals surface area contributed by atoms with Crippen LogP contribution in [-0.2, 0) is 0 Å². The summed E-state index contributed by atoms with van der Waals surface area (Å²) in [4.78, 5) is 4.36. The van der Waals surface area contributed by atoms with Crippen LogP contribution in [0.5, 0.6) is 5.75 Å². The molecule has 4 nitrogen and oxygen atoms in total. The third-order valence-corrected chi connectivity index (χ3v) is 3.14. The number of aryl methyl sites for hydroxylation is 2. The molecule has 0 aromatic carbocycles. The van der Waals surface area contributed by atoms with Crippen molar-refractivity contribution < 1.29 is 9.26 Å². The van der Waals surface area contributed by atoms with Gasteiger partial charge >= 0.3 is 0 Å². The number of methoxy groups -OCH3 is 1. The fourth-order valence-electron chi connectivity index (χ4n) is 1.56. The van der Waals surface area contributed by atoms with Gasteiger partial charge in [-0.15, -0.1) is 0 Å². The molecule has 0 radical (unpaired) electrons. The molecule has 2 aromatic heterocycles. The van der Waals surface area contributed by atoms with Crippen LogP contribution in [0.2, 0.25) is 0 Å². The van der Waals surface area contributed by atoms with Gasteiger partial charge in [-0.2, -0.15) is 0 Å². The van der Waals surface area contributed by atoms with E-state index < -0.39 is 0 Å². The van der Waals surface area contributed by atoms with Crippen LogP contribution in [0.15, 0.2) is 16.8 Å². The third kappa shape index (κ3) is 1.91. The topological polar surface area (TPSA) is 48.2 Å². The maximum atomic E-state index is 5.26. The lowest BCUT2D eigenvalue weighted by Gasteiger charge is -2.05. The van der Waals surface area contributed by atoms with E-state index in [1.165, 1.54) is 0 Å². The van der Waals surface area contributed by atoms with Crippen molar-refractivity contribution in [3.8, 4) is 17.0 Å². The molecule has 84 valence electrons. The molecule has 0 aliphatic heterocycles. The third-order valence-electron chi connectivity index (χ3n) is 2.33. The maximum Gasteiger partial charge on any atom is 0.143 e. The van der Waals surface area contributed by atoms with Gasteiger partial charge < -0.3 is 9.26 Å². The first-order chi connectivity index (χ1) is 7.63. The van der Waals surface area contributed by atoms with Gasteiger partial charge in [-0.05, 0) is 36.4 Å². The standard InChI is InChI=1S/C11H11IN2O2/c1-6-11(7(2)16-14-6)9-4-10(15-3)8(12)5-13-9/h4-5H,1-3H3. The van der Waals surface area contributed by atoms with Crippen LogP contribution < -0.4 is 4.74 Å². The highest BCUT2D eigenvalue weighted by molar-refractivity contribution is 14.1. The van der Waals surface area contributed by atoms with Crippen molar-refractivity contribution in [3.63, 3.8) is 0 Å². The van der Waals surface area contributed by atoms with Gasteiger partial charge in [0.2, 0.25) is 0 Å². The Morgan fingerprint density at radius 2 is 2.12 bits per heavy atom. The lowest BCUT2D eigenvalue weighted by atomic mass is 10.1. The minimum Gasteiger partial charge on any atom is -0.496 e. The lowest BCUT2D eigenvalue weighted by molar-refractivity contribution is 0.393. The molecule has 0 bridgehead atoms. The molecule has 2 aromatic rings. The average molecular weight is 330 g/mol. The van der Waals surface area contributed by atoms with E-state index in [1.807, 2.05) is 19.9 Å². The van der Waals surface area contributed by atoms with Gasteiger partial charge in [-0.25, -0.2) is 0 Å². The molecule has 0 aliphatic carbocycles. The Morgan fingerprint density at radius 1 is 1.38 bits per heavy atom. The van der Waals surface area contributed by atoms with Crippen molar-refractivity contribution in [2.45, 2.75) is 13.8 Å². The predicted molar refractivity (Wildman–Crippen MR) is 68.5 cm³/mol. The van der Waals surface area contributed by atoms with Crippen molar-refractivity contribution in [3.05, 3.63) is 27.3 Å². The van der Waals surface area contributed by atoms with Crippen LogP contribution in [0.1, 0.15) is 11.5 Å². The molecule has 0 amide bonds. The zero-order valence-electron chi connectivity index (χ0n) is 9.24. The summed E-state index contributed by atoms with van der Waals surface area (Å²) >= 11 is 2.19. The first kappa shape index (κ1) is 11.4. The van der Waals surface area contributed by atoms with Crippen molar-refractivity contribution >= 4 is 22.6 Å². The second-order valence-electron chi connectivity index (χ2n) is 3.40. The van der Waals surface area contributed by atoms with Gasteiger partial charge in [0.15, 0.2) is 0 Å². The molecule has 0 unspecified atom stereocenters. The summed E-state index contributed by atoms with van der Waals surface area (Å²) < 4.78 is 11.4. The highest BCUT2D eigenvalue weighted by atomic mass is 127. The van der Waals surface area contributed by atoms with E-state index in [2.05, 4.69) is 32.7 Å². The molecule has 2 rings (SSSR count). The van der Waals surface area contributed by atoms with Gasteiger partial charge in [-0.3, -0.25) is 4.98 Å². The summed E-state index contributed by atoms with van der Waals surface area (Å²) in [5.41, 5.74) is 2.61. The van der Waals surface area contributed by atoms with E-state index >= 15 is 0 Å². The Hall–Kier alpha value is -1.11. The number of nitrogens with zero attached hydrogens (tertiary/aromatic N) is 2. The molecule has 0 N–H and O–H groups in total. The van der Waals surface area contributed by atoms with E-state index in [4.69, 9.17) is 9.26 Å². The van der Waals surface area contributed by atoms with Crippen molar-refractivity contribution in [1.29, 1.82) is 0 Å². The SMILES string of the molecule is COc1cc(-c2c(C)noc2C)ncc1I. The van der Waals surface area contributed by atoms with Gasteiger partial charge in [-0.1, -0.05) is 5.16 Å². The van der Waals surface area contributed by atoms with Crippen molar-refractivity contribution in [1.82, 2.24) is 10.1 Å². The number of hydrogen-bond acceptors (Lipinski definition) is 4. The Kier molecular flexibility index (Phi) is 3.13. The number of rotatable bonds is 2. The van der Waals surface area contributed by atoms with Crippen LogP contribution in [0.4, 0.5) is 0 Å². The summed E-state index contributed by atoms with van der Waals surface area (Å²) in [5, 5.41) is 3.91. The quantitative estimate of drug-likeness (QED) is 0.795. The summed E-state index contributed by atoms with van der Waals surface area (Å²) in [6.07, 6.45) is 1.78. The molecule has 2 heterocycles. The van der Waals surface area contributed by atoms with Gasteiger partial charge in [0, 0.05) is 12.3 Å². The second kappa shape index (κ2) is 4.40. The number of halogens is 1. The highest BCUT2D eigenvalue weighted by Gasteiger charge is 2.14. The second-order valence-corrected chi connectivity index (χ2v) is 4.57. The highest BCUT2D eigenvalue weighted by Crippen LogP contribution is 2.29. The molecule has 5 heteroatoms. The Labute approximate surface area is 107 Å². The van der Waals surface area contributed by atoms with Crippen LogP contribution in [0.25, 0.3) is 11.3 Å². The maximum absolute atomic E-state index is 5.26. The Balaban J connectivity index is 2.57. The molecule has 0 atom stereocenters. The number of ether oxygens (including phenoxy) is 1. The monoisotopic (exact) mass is 330 g/mol. The zero-order valence-corrected chi connectivity index (χ0v) is 11.4. The van der Waals surface area contributed by atoms with Crippen molar-refractivity contribution in [2.75, 3.05) is 7.11 Å². The molecule has 16 heavy (non-hydrogen) atoms. The van der Waals surface area contributed by atoms with Gasteiger partial charge in [0.25, 0.3) is 0 Å². The van der Waals surface area contributed by atoms with Crippen LogP contribution in [-0.4, -0.2) is 17.3 Å². The summed E-state index contributed by atoms with van der Waals surface area (Å²) in [6.45, 7) is 3.78. The van der Waals surface area contributed by atoms with E-state index in [9.17, 15) is 0 Å². The summed E-state index contributed by atoms with van der Waals surface area (Å²) in [7, 11) is 1.65. The largest absolute Gasteiger partial charge is 0.496 e. The smallest absolute Gasteiger partial charge is 0.143 e. The number of pyridine rings is 1. The summed E-state index contributed by atoms with van der Waals surface area (Å²) in [5.74, 6) is 1.58. The van der Waals surface area contributed by atoms with Crippen LogP contribution >= 0.6 is 22.6 Å². The predicted octanol–water partition coefficient (Wildman–Crippen LogP) is 2.97. The van der Waals surface area contributed by atoms with E-state index in [0.29, 0.717) is 0 Å². The molecule has 0 saturated heterocycles. The van der Waals surface area contributed by atoms with E-state index in [1.54, 1.807) is 13.3 Å². The zero-order chi connectivity index (χ0) is 11.7. The molecular weight excluding hydrogens is 319 g/mol. The number of hydrogen-bond donors (Lipinski definition) is 0. The minimum atomic E-state index is 0.772. The van der Waals surface area contributed by atoms with Gasteiger partial charge in [0.05, 0.1) is 27.6 Å². The van der Waals surface area contributed by atoms with E-state index in [-0.39, 0.29) is 0 Å². The first-order valence-electron chi connectivity index (χ1n) is 4.76. The summed E-state index contributed by atoms with van der Waals surface area (Å²) in [6, 6.07) is 1.90. The van der Waals surface area contributed by atoms with Crippen molar-refractivity contribution in [2.24, 2.45) is 0 Å². The average Bonchev–Trinajstić information content (AvgIpc) is 2.60. The Bertz CT molecular complexity index is 503. The van der Waals surface area contributed by atoms with Crippen LogP contribution in [0.3, 0.4) is 0 Å². The molecule has 0 spiro atoms. The fourth-order valence-corrected chi connectivity index (χ4v) is 2.08. The first-order valence-corrected chi connectivity index (χ1v) is 5.84. The van der Waals surface area contributed by atoms with Gasteiger partial charge in [0.1, 0.15) is 11.5 Å². The molecule has 0 saturated carbocycles.